The quantitative estimate of drug-likeness (QED) is 0.902. The molecule has 1 spiro atoms. The number of anilines is 1. The summed E-state index contributed by atoms with van der Waals surface area (Å²) in [4.78, 5) is 18.4. The molecule has 1 amide bonds. The monoisotopic (exact) mass is 317 g/mol. The number of likely N-dealkylation sites (tertiary alicyclic amines) is 1. The van der Waals surface area contributed by atoms with Gasteiger partial charge in [0.1, 0.15) is 0 Å². The van der Waals surface area contributed by atoms with E-state index >= 15 is 0 Å². The molecule has 2 saturated heterocycles. The number of nitrogens with one attached hydrogen (secondary N) is 1. The fraction of sp³-hybridized carbons (Fsp3) is 0.588. The standard InChI is InChI=1S/C17H23N3OS/c21-16(11-19-8-6-17(13-19)5-7-18-12-17)20-9-10-22-15-4-2-1-3-14(15)20/h1-4,18H,5-13H2. The van der Waals surface area contributed by atoms with Crippen LogP contribution in [0.5, 0.6) is 0 Å². The van der Waals surface area contributed by atoms with Crippen molar-refractivity contribution in [3.63, 3.8) is 0 Å². The zero-order valence-electron chi connectivity index (χ0n) is 12.9. The normalized spacial score (nSPS) is 28.3. The number of nitrogens with zero attached hydrogens (tertiary/aromatic N) is 2. The highest BCUT2D eigenvalue weighted by molar-refractivity contribution is 7.99. The van der Waals surface area contributed by atoms with Crippen LogP contribution in [0.4, 0.5) is 5.69 Å². The van der Waals surface area contributed by atoms with Gasteiger partial charge >= 0.3 is 0 Å². The molecule has 0 radical (unpaired) electrons. The Morgan fingerprint density at radius 2 is 2.18 bits per heavy atom. The first kappa shape index (κ1) is 14.5. The molecule has 118 valence electrons. The molecule has 2 fully saturated rings. The van der Waals surface area contributed by atoms with Crippen LogP contribution in [0, 0.1) is 5.41 Å². The van der Waals surface area contributed by atoms with Gasteiger partial charge in [-0.3, -0.25) is 9.69 Å². The van der Waals surface area contributed by atoms with E-state index in [9.17, 15) is 4.79 Å². The number of rotatable bonds is 2. The topological polar surface area (TPSA) is 35.6 Å². The van der Waals surface area contributed by atoms with Crippen LogP contribution < -0.4 is 10.2 Å². The third-order valence-electron chi connectivity index (χ3n) is 5.24. The second kappa shape index (κ2) is 5.87. The lowest BCUT2D eigenvalue weighted by molar-refractivity contribution is -0.119. The van der Waals surface area contributed by atoms with Crippen LogP contribution >= 0.6 is 11.8 Å². The van der Waals surface area contributed by atoms with Gasteiger partial charge in [-0.05, 0) is 43.5 Å². The van der Waals surface area contributed by atoms with Gasteiger partial charge in [0.05, 0.1) is 12.2 Å². The van der Waals surface area contributed by atoms with E-state index in [1.54, 1.807) is 0 Å². The van der Waals surface area contributed by atoms with Crippen molar-refractivity contribution in [1.82, 2.24) is 10.2 Å². The first-order valence-electron chi connectivity index (χ1n) is 8.21. The molecule has 22 heavy (non-hydrogen) atoms. The lowest BCUT2D eigenvalue weighted by Gasteiger charge is -2.31. The van der Waals surface area contributed by atoms with E-state index in [1.807, 2.05) is 22.7 Å². The minimum absolute atomic E-state index is 0.260. The molecule has 1 aromatic carbocycles. The molecule has 1 unspecified atom stereocenters. The molecule has 1 atom stereocenters. The maximum atomic E-state index is 12.8. The summed E-state index contributed by atoms with van der Waals surface area (Å²) in [5.41, 5.74) is 1.54. The van der Waals surface area contributed by atoms with E-state index < -0.39 is 0 Å². The Hall–Kier alpha value is -1.04. The van der Waals surface area contributed by atoms with Crippen molar-refractivity contribution in [2.45, 2.75) is 17.7 Å². The van der Waals surface area contributed by atoms with Crippen molar-refractivity contribution in [2.24, 2.45) is 5.41 Å². The molecule has 1 aromatic rings. The van der Waals surface area contributed by atoms with Crippen LogP contribution in [0.1, 0.15) is 12.8 Å². The van der Waals surface area contributed by atoms with E-state index in [4.69, 9.17) is 0 Å². The van der Waals surface area contributed by atoms with Gasteiger partial charge in [0.25, 0.3) is 0 Å². The van der Waals surface area contributed by atoms with Gasteiger partial charge < -0.3 is 10.2 Å². The predicted octanol–water partition coefficient (Wildman–Crippen LogP) is 1.81. The van der Waals surface area contributed by atoms with Crippen LogP contribution in [0.3, 0.4) is 0 Å². The zero-order valence-corrected chi connectivity index (χ0v) is 13.7. The largest absolute Gasteiger partial charge is 0.316 e. The van der Waals surface area contributed by atoms with Crippen molar-refractivity contribution in [1.29, 1.82) is 0 Å². The Morgan fingerprint density at radius 1 is 1.27 bits per heavy atom. The van der Waals surface area contributed by atoms with E-state index in [-0.39, 0.29) is 5.91 Å². The summed E-state index contributed by atoms with van der Waals surface area (Å²) in [7, 11) is 0. The van der Waals surface area contributed by atoms with Crippen LogP contribution in [0.15, 0.2) is 29.2 Å². The Morgan fingerprint density at radius 3 is 3.05 bits per heavy atom. The Balaban J connectivity index is 1.43. The number of thioether (sulfide) groups is 1. The first-order valence-corrected chi connectivity index (χ1v) is 9.20. The summed E-state index contributed by atoms with van der Waals surface area (Å²) in [6, 6.07) is 8.28. The third-order valence-corrected chi connectivity index (χ3v) is 6.28. The summed E-state index contributed by atoms with van der Waals surface area (Å²) >= 11 is 1.85. The number of fused-ring (bicyclic) bond motifs is 1. The smallest absolute Gasteiger partial charge is 0.241 e. The van der Waals surface area contributed by atoms with Gasteiger partial charge in [0.15, 0.2) is 0 Å². The van der Waals surface area contributed by atoms with Gasteiger partial charge in [-0.1, -0.05) is 12.1 Å². The minimum atomic E-state index is 0.260. The molecule has 3 aliphatic rings. The van der Waals surface area contributed by atoms with Gasteiger partial charge in [0.2, 0.25) is 5.91 Å². The van der Waals surface area contributed by atoms with E-state index in [2.05, 4.69) is 28.4 Å². The predicted molar refractivity (Wildman–Crippen MR) is 90.5 cm³/mol. The molecule has 1 N–H and O–H groups in total. The second-order valence-corrected chi connectivity index (χ2v) is 7.89. The van der Waals surface area contributed by atoms with Gasteiger partial charge in [-0.25, -0.2) is 0 Å². The molecule has 0 bridgehead atoms. The Kier molecular flexibility index (Phi) is 3.88. The summed E-state index contributed by atoms with van der Waals surface area (Å²) < 4.78 is 0. The molecule has 3 heterocycles. The van der Waals surface area contributed by atoms with Crippen molar-refractivity contribution >= 4 is 23.4 Å². The highest BCUT2D eigenvalue weighted by atomic mass is 32.2. The van der Waals surface area contributed by atoms with Gasteiger partial charge in [-0.2, -0.15) is 0 Å². The summed E-state index contributed by atoms with van der Waals surface area (Å²) in [5.74, 6) is 1.26. The number of carbonyl (C=O) groups excluding carboxylic acids is 1. The number of carbonyl (C=O) groups is 1. The maximum Gasteiger partial charge on any atom is 0.241 e. The molecule has 4 rings (SSSR count). The maximum absolute atomic E-state index is 12.8. The molecular formula is C17H23N3OS. The van der Waals surface area contributed by atoms with Crippen molar-refractivity contribution in [2.75, 3.05) is 49.9 Å². The molecule has 3 aliphatic heterocycles. The zero-order chi connectivity index (χ0) is 15.0. The van der Waals surface area contributed by atoms with Crippen LogP contribution in [0.2, 0.25) is 0 Å². The number of benzene rings is 1. The Labute approximate surface area is 136 Å². The Bertz CT molecular complexity index is 571. The van der Waals surface area contributed by atoms with Crippen LogP contribution in [-0.4, -0.2) is 55.8 Å². The van der Waals surface area contributed by atoms with E-state index in [0.717, 1.165) is 44.2 Å². The molecule has 0 saturated carbocycles. The van der Waals surface area contributed by atoms with Crippen molar-refractivity contribution in [3.8, 4) is 0 Å². The average Bonchev–Trinajstić information content (AvgIpc) is 3.17. The number of hydrogen-bond acceptors (Lipinski definition) is 4. The molecule has 5 heteroatoms. The first-order chi connectivity index (χ1) is 10.8. The number of amides is 1. The summed E-state index contributed by atoms with van der Waals surface area (Å²) in [6.07, 6.45) is 2.50. The minimum Gasteiger partial charge on any atom is -0.316 e. The van der Waals surface area contributed by atoms with Gasteiger partial charge in [0, 0.05) is 30.3 Å². The highest BCUT2D eigenvalue weighted by Crippen LogP contribution is 2.37. The summed E-state index contributed by atoms with van der Waals surface area (Å²) in [6.45, 7) is 5.81. The fourth-order valence-corrected chi connectivity index (χ4v) is 5.01. The van der Waals surface area contributed by atoms with Crippen molar-refractivity contribution < 1.29 is 4.79 Å². The molecular weight excluding hydrogens is 294 g/mol. The molecule has 0 aromatic heterocycles. The molecule has 4 nitrogen and oxygen atoms in total. The van der Waals surface area contributed by atoms with E-state index in [1.165, 1.54) is 17.7 Å². The SMILES string of the molecule is O=C(CN1CCC2(CCNC2)C1)N1CCSc2ccccc21. The van der Waals surface area contributed by atoms with Crippen LogP contribution in [0.25, 0.3) is 0 Å². The average molecular weight is 317 g/mol. The third kappa shape index (κ3) is 2.66. The second-order valence-electron chi connectivity index (χ2n) is 6.75. The lowest BCUT2D eigenvalue weighted by atomic mass is 9.87. The number of hydrogen-bond donors (Lipinski definition) is 1. The highest BCUT2D eigenvalue weighted by Gasteiger charge is 2.41. The lowest BCUT2D eigenvalue weighted by Crippen LogP contribution is -2.43. The fourth-order valence-electron chi connectivity index (χ4n) is 4.01. The van der Waals surface area contributed by atoms with Crippen molar-refractivity contribution in [3.05, 3.63) is 24.3 Å². The summed E-state index contributed by atoms with van der Waals surface area (Å²) in [5, 5.41) is 3.48. The number of para-hydroxylation sites is 1. The van der Waals surface area contributed by atoms with Crippen LogP contribution in [-0.2, 0) is 4.79 Å². The molecule has 0 aliphatic carbocycles. The van der Waals surface area contributed by atoms with E-state index in [0.29, 0.717) is 12.0 Å². The van der Waals surface area contributed by atoms with Gasteiger partial charge in [-0.15, -0.1) is 11.8 Å².